The van der Waals surface area contributed by atoms with Gasteiger partial charge in [-0.25, -0.2) is 8.42 Å². The first-order valence-electron chi connectivity index (χ1n) is 5.50. The Hall–Kier alpha value is -2.82. The van der Waals surface area contributed by atoms with Crippen molar-refractivity contribution in [3.05, 3.63) is 36.0 Å². The molecule has 0 bridgehead atoms. The predicted molar refractivity (Wildman–Crippen MR) is 71.7 cm³/mol. The lowest BCUT2D eigenvalue weighted by molar-refractivity contribution is 0.596. The second-order valence-corrected chi connectivity index (χ2v) is 5.79. The lowest BCUT2D eigenvalue weighted by atomic mass is 10.3. The highest BCUT2D eigenvalue weighted by Crippen LogP contribution is 2.16. The molecule has 0 atom stereocenters. The van der Waals surface area contributed by atoms with Gasteiger partial charge in [0.2, 0.25) is 0 Å². The van der Waals surface area contributed by atoms with E-state index in [1.54, 1.807) is 18.2 Å². The zero-order valence-electron chi connectivity index (χ0n) is 10.4. The number of allylic oxidation sites excluding steroid dienone is 1. The summed E-state index contributed by atoms with van der Waals surface area (Å²) in [5.41, 5.74) is 0.461. The molecule has 7 heteroatoms. The molecular formula is C13H10N4O2S. The molecule has 0 aromatic heterocycles. The van der Waals surface area contributed by atoms with Gasteiger partial charge >= 0.3 is 0 Å². The Labute approximate surface area is 117 Å². The molecule has 1 aromatic carbocycles. The minimum atomic E-state index is -3.45. The van der Waals surface area contributed by atoms with Crippen molar-refractivity contribution in [3.8, 4) is 18.2 Å². The Balaban J connectivity index is 2.86. The van der Waals surface area contributed by atoms with Crippen LogP contribution in [0.3, 0.4) is 0 Å². The molecule has 1 aromatic rings. The Morgan fingerprint density at radius 1 is 1.15 bits per heavy atom. The van der Waals surface area contributed by atoms with Crippen LogP contribution in [0.1, 0.15) is 6.42 Å². The first-order valence-corrected chi connectivity index (χ1v) is 7.15. The fourth-order valence-corrected chi connectivity index (χ4v) is 2.45. The first kappa shape index (κ1) is 15.2. The molecule has 1 N–H and O–H groups in total. The molecule has 0 aliphatic carbocycles. The van der Waals surface area contributed by atoms with Gasteiger partial charge in [-0.1, -0.05) is 0 Å². The lowest BCUT2D eigenvalue weighted by Gasteiger charge is -2.04. The molecule has 0 aliphatic rings. The average molecular weight is 286 g/mol. The molecule has 0 saturated heterocycles. The van der Waals surface area contributed by atoms with Gasteiger partial charge in [-0.3, -0.25) is 0 Å². The van der Waals surface area contributed by atoms with Gasteiger partial charge in [-0.05, 0) is 24.3 Å². The average Bonchev–Trinajstić information content (AvgIpc) is 2.47. The molecule has 1 rings (SSSR count). The molecule has 0 heterocycles. The molecule has 0 saturated carbocycles. The van der Waals surface area contributed by atoms with E-state index in [1.165, 1.54) is 30.5 Å². The third kappa shape index (κ3) is 4.13. The van der Waals surface area contributed by atoms with E-state index in [0.29, 0.717) is 5.69 Å². The van der Waals surface area contributed by atoms with Crippen LogP contribution in [0.4, 0.5) is 5.69 Å². The van der Waals surface area contributed by atoms with Crippen LogP contribution in [0, 0.1) is 34.0 Å². The number of nitrogens with one attached hydrogen (secondary N) is 1. The van der Waals surface area contributed by atoms with Crippen molar-refractivity contribution in [3.63, 3.8) is 0 Å². The zero-order chi connectivity index (χ0) is 15.0. The van der Waals surface area contributed by atoms with E-state index >= 15 is 0 Å². The van der Waals surface area contributed by atoms with Crippen LogP contribution in [-0.4, -0.2) is 14.2 Å². The van der Waals surface area contributed by atoms with Gasteiger partial charge in [0.15, 0.2) is 9.84 Å². The van der Waals surface area contributed by atoms with Crippen molar-refractivity contribution in [1.29, 1.82) is 15.8 Å². The Bertz CT molecular complexity index is 713. The number of nitriles is 3. The summed E-state index contributed by atoms with van der Waals surface area (Å²) in [7, 11) is -3.45. The number of benzene rings is 1. The van der Waals surface area contributed by atoms with Gasteiger partial charge in [-0.15, -0.1) is 0 Å². The number of hydrogen-bond donors (Lipinski definition) is 1. The van der Waals surface area contributed by atoms with E-state index in [0.717, 1.165) is 0 Å². The summed E-state index contributed by atoms with van der Waals surface area (Å²) in [4.78, 5) is 0.128. The monoisotopic (exact) mass is 286 g/mol. The summed E-state index contributed by atoms with van der Waals surface area (Å²) in [6.07, 6.45) is 1.18. The van der Waals surface area contributed by atoms with E-state index in [2.05, 4.69) is 5.32 Å². The van der Waals surface area contributed by atoms with Crippen LogP contribution in [0.25, 0.3) is 0 Å². The van der Waals surface area contributed by atoms with Crippen molar-refractivity contribution < 1.29 is 8.42 Å². The maximum atomic E-state index is 11.8. The van der Waals surface area contributed by atoms with Gasteiger partial charge in [0, 0.05) is 18.3 Å². The van der Waals surface area contributed by atoms with Crippen LogP contribution in [0.2, 0.25) is 0 Å². The second-order valence-electron chi connectivity index (χ2n) is 3.68. The number of nitrogens with zero attached hydrogens (tertiary/aromatic N) is 3. The second kappa shape index (κ2) is 6.94. The van der Waals surface area contributed by atoms with Crippen LogP contribution in [0.5, 0.6) is 0 Å². The van der Waals surface area contributed by atoms with Crippen molar-refractivity contribution in [2.24, 2.45) is 0 Å². The number of hydrogen-bond acceptors (Lipinski definition) is 6. The lowest BCUT2D eigenvalue weighted by Crippen LogP contribution is -2.06. The molecular weight excluding hydrogens is 276 g/mol. The van der Waals surface area contributed by atoms with Crippen molar-refractivity contribution in [1.82, 2.24) is 0 Å². The van der Waals surface area contributed by atoms with E-state index in [9.17, 15) is 8.42 Å². The largest absolute Gasteiger partial charge is 0.360 e. The molecule has 0 radical (unpaired) electrons. The molecule has 0 unspecified atom stereocenters. The molecule has 0 aliphatic heterocycles. The third-order valence-electron chi connectivity index (χ3n) is 2.32. The predicted octanol–water partition coefficient (Wildman–Crippen LogP) is 1.72. The Morgan fingerprint density at radius 2 is 1.75 bits per heavy atom. The van der Waals surface area contributed by atoms with E-state index in [1.807, 2.05) is 0 Å². The van der Waals surface area contributed by atoms with E-state index in [-0.39, 0.29) is 22.6 Å². The molecule has 100 valence electrons. The molecule has 20 heavy (non-hydrogen) atoms. The van der Waals surface area contributed by atoms with Gasteiger partial charge in [0.25, 0.3) is 0 Å². The van der Waals surface area contributed by atoms with E-state index in [4.69, 9.17) is 15.8 Å². The van der Waals surface area contributed by atoms with Gasteiger partial charge in [0.1, 0.15) is 17.7 Å². The highest BCUT2D eigenvalue weighted by atomic mass is 32.2. The maximum absolute atomic E-state index is 11.8. The van der Waals surface area contributed by atoms with Crippen molar-refractivity contribution >= 4 is 15.5 Å². The minimum Gasteiger partial charge on any atom is -0.360 e. The summed E-state index contributed by atoms with van der Waals surface area (Å²) in [5, 5.41) is 28.2. The Morgan fingerprint density at radius 3 is 2.25 bits per heavy atom. The zero-order valence-corrected chi connectivity index (χ0v) is 11.2. The molecule has 6 nitrogen and oxygen atoms in total. The maximum Gasteiger partial charge on any atom is 0.179 e. The fourth-order valence-electron chi connectivity index (χ4n) is 1.30. The van der Waals surface area contributed by atoms with Crippen molar-refractivity contribution in [2.75, 3.05) is 11.1 Å². The summed E-state index contributed by atoms with van der Waals surface area (Å²) in [6, 6.07) is 11.0. The SMILES string of the molecule is N#CCCS(=O)(=O)c1ccc(NC=C(C#N)C#N)cc1. The minimum absolute atomic E-state index is 0.0568. The van der Waals surface area contributed by atoms with Crippen LogP contribution in [-0.2, 0) is 9.84 Å². The van der Waals surface area contributed by atoms with Gasteiger partial charge in [0.05, 0.1) is 16.7 Å². The summed E-state index contributed by atoms with van der Waals surface area (Å²) >= 11 is 0. The van der Waals surface area contributed by atoms with Gasteiger partial charge in [-0.2, -0.15) is 15.8 Å². The quantitative estimate of drug-likeness (QED) is 0.823. The molecule has 0 amide bonds. The summed E-state index contributed by atoms with van der Waals surface area (Å²) < 4.78 is 23.6. The van der Waals surface area contributed by atoms with Crippen LogP contribution < -0.4 is 5.32 Å². The Kier molecular flexibility index (Phi) is 5.29. The number of sulfone groups is 1. The standard InChI is InChI=1S/C13H10N4O2S/c14-6-1-7-20(18,19)13-4-2-12(3-5-13)17-10-11(8-15)9-16/h2-5,10,17H,1,7H2. The topological polar surface area (TPSA) is 118 Å². The van der Waals surface area contributed by atoms with Crippen LogP contribution in [0.15, 0.2) is 40.9 Å². The molecule has 0 fully saturated rings. The number of anilines is 1. The highest BCUT2D eigenvalue weighted by Gasteiger charge is 2.13. The van der Waals surface area contributed by atoms with Gasteiger partial charge < -0.3 is 5.32 Å². The van der Waals surface area contributed by atoms with Crippen LogP contribution >= 0.6 is 0 Å². The molecule has 0 spiro atoms. The highest BCUT2D eigenvalue weighted by molar-refractivity contribution is 7.91. The van der Waals surface area contributed by atoms with Crippen molar-refractivity contribution in [2.45, 2.75) is 11.3 Å². The smallest absolute Gasteiger partial charge is 0.179 e. The third-order valence-corrected chi connectivity index (χ3v) is 4.05. The van der Waals surface area contributed by atoms with E-state index < -0.39 is 9.84 Å². The summed E-state index contributed by atoms with van der Waals surface area (Å²) in [6.45, 7) is 0. The first-order chi connectivity index (χ1) is 9.53. The number of rotatable bonds is 5. The summed E-state index contributed by atoms with van der Waals surface area (Å²) in [5.74, 6) is -0.219. The fraction of sp³-hybridized carbons (Fsp3) is 0.154. The normalized spacial score (nSPS) is 9.65.